The summed E-state index contributed by atoms with van der Waals surface area (Å²) in [5, 5.41) is 20.5. The fraction of sp³-hybridized carbons (Fsp3) is 0.391. The standard InChI is InChI=1S/C23H24FN7O3/c1-25-20-7-17(28-22-14(9-27-31(20)22)23(33)29-16-5-4-15(16)24)13-8-26-21-12(13)3-2-6-30(21)18-10-34-11-19(18)32/h2-3,6-9,15-16,18-19,25,32H,4-5,10-11H2,1H3,(H,29,33)/t15-,16-,18+,19+/m0/s1. The summed E-state index contributed by atoms with van der Waals surface area (Å²) in [6, 6.07) is 5.00. The second-order valence-electron chi connectivity index (χ2n) is 8.74. The Bertz CT molecular complexity index is 1350. The van der Waals surface area contributed by atoms with Crippen molar-refractivity contribution in [2.45, 2.75) is 37.2 Å². The minimum absolute atomic E-state index is 0.217. The van der Waals surface area contributed by atoms with E-state index in [0.717, 1.165) is 11.1 Å². The number of nitrogens with one attached hydrogen (secondary N) is 2. The van der Waals surface area contributed by atoms with Crippen molar-refractivity contribution in [3.8, 4) is 22.6 Å². The Balaban J connectivity index is 1.41. The summed E-state index contributed by atoms with van der Waals surface area (Å²) in [5.74, 6) is 0.960. The summed E-state index contributed by atoms with van der Waals surface area (Å²) in [6.45, 7) is 0.706. The van der Waals surface area contributed by atoms with E-state index in [4.69, 9.17) is 9.72 Å². The number of aromatic nitrogens is 5. The van der Waals surface area contributed by atoms with E-state index in [2.05, 4.69) is 20.7 Å². The lowest BCUT2D eigenvalue weighted by atomic mass is 9.90. The molecule has 0 radical (unpaired) electrons. The molecule has 2 fully saturated rings. The number of aliphatic hydroxyl groups is 1. The van der Waals surface area contributed by atoms with Gasteiger partial charge < -0.3 is 25.0 Å². The van der Waals surface area contributed by atoms with Crippen LogP contribution in [0.4, 0.5) is 10.2 Å². The van der Waals surface area contributed by atoms with Gasteiger partial charge in [-0.3, -0.25) is 4.79 Å². The molecule has 0 unspecified atom stereocenters. The zero-order valence-electron chi connectivity index (χ0n) is 18.5. The summed E-state index contributed by atoms with van der Waals surface area (Å²) < 4.78 is 22.6. The Kier molecular flexibility index (Phi) is 4.96. The highest BCUT2D eigenvalue weighted by molar-refractivity contribution is 6.00. The first kappa shape index (κ1) is 21.0. The third-order valence-electron chi connectivity index (χ3n) is 6.73. The predicted octanol–water partition coefficient (Wildman–Crippen LogP) is 1.90. The van der Waals surface area contributed by atoms with Gasteiger partial charge in [0, 0.05) is 36.6 Å². The number of halogens is 1. The van der Waals surface area contributed by atoms with E-state index in [9.17, 15) is 14.3 Å². The van der Waals surface area contributed by atoms with Gasteiger partial charge in [-0.25, -0.2) is 14.4 Å². The molecular formula is C23H24FN7O3. The number of amides is 1. The van der Waals surface area contributed by atoms with E-state index in [1.807, 2.05) is 29.0 Å². The Morgan fingerprint density at radius 3 is 2.85 bits per heavy atom. The van der Waals surface area contributed by atoms with Gasteiger partial charge in [0.15, 0.2) is 5.65 Å². The first-order chi connectivity index (χ1) is 16.5. The van der Waals surface area contributed by atoms with E-state index in [-0.39, 0.29) is 11.6 Å². The van der Waals surface area contributed by atoms with Crippen LogP contribution in [0.25, 0.3) is 28.3 Å². The zero-order valence-corrected chi connectivity index (χ0v) is 18.5. The van der Waals surface area contributed by atoms with Crippen molar-refractivity contribution in [3.63, 3.8) is 0 Å². The molecule has 6 rings (SSSR count). The van der Waals surface area contributed by atoms with Crippen LogP contribution in [0, 0.1) is 0 Å². The van der Waals surface area contributed by atoms with Crippen LogP contribution in [-0.2, 0) is 4.74 Å². The van der Waals surface area contributed by atoms with E-state index in [1.54, 1.807) is 17.8 Å². The SMILES string of the molecule is CNc1cc(-c2cnc3n([C@@H]4COC[C@H]4O)cccc2-3)nc2c(C(=O)N[C@H]3CC[C@@H]3F)cnn12. The maximum absolute atomic E-state index is 13.7. The molecule has 176 valence electrons. The Morgan fingerprint density at radius 1 is 1.26 bits per heavy atom. The third-order valence-corrected chi connectivity index (χ3v) is 6.73. The normalized spacial score (nSPS) is 24.4. The number of ether oxygens (including phenoxy) is 1. The molecule has 2 aromatic heterocycles. The number of fused-ring (bicyclic) bond motifs is 2. The lowest BCUT2D eigenvalue weighted by Gasteiger charge is -2.30. The molecule has 10 nitrogen and oxygen atoms in total. The lowest BCUT2D eigenvalue weighted by molar-refractivity contribution is 0.0826. The highest BCUT2D eigenvalue weighted by Gasteiger charge is 2.33. The molecule has 0 spiro atoms. The van der Waals surface area contributed by atoms with Gasteiger partial charge in [0.05, 0.1) is 37.2 Å². The Labute approximate surface area is 194 Å². The van der Waals surface area contributed by atoms with Crippen LogP contribution in [0.5, 0.6) is 0 Å². The molecule has 4 atom stereocenters. The molecule has 1 aliphatic carbocycles. The van der Waals surface area contributed by atoms with Crippen molar-refractivity contribution in [2.24, 2.45) is 0 Å². The van der Waals surface area contributed by atoms with Crippen LogP contribution in [0.1, 0.15) is 29.2 Å². The van der Waals surface area contributed by atoms with Gasteiger partial charge >= 0.3 is 0 Å². The maximum atomic E-state index is 13.7. The fourth-order valence-electron chi connectivity index (χ4n) is 4.63. The number of hydrogen-bond donors (Lipinski definition) is 3. The number of alkyl halides is 1. The smallest absolute Gasteiger partial charge is 0.257 e. The number of carbonyl (C=O) groups excluding carboxylic acids is 1. The molecule has 0 bridgehead atoms. The van der Waals surface area contributed by atoms with Crippen molar-refractivity contribution >= 4 is 17.4 Å². The Morgan fingerprint density at radius 2 is 2.15 bits per heavy atom. The van der Waals surface area contributed by atoms with Gasteiger partial charge in [0.2, 0.25) is 0 Å². The van der Waals surface area contributed by atoms with Crippen LogP contribution in [0.2, 0.25) is 0 Å². The maximum Gasteiger partial charge on any atom is 0.257 e. The minimum atomic E-state index is -1.01. The van der Waals surface area contributed by atoms with Gasteiger partial charge in [0.25, 0.3) is 5.91 Å². The van der Waals surface area contributed by atoms with Crippen LogP contribution in [-0.4, -0.2) is 73.7 Å². The van der Waals surface area contributed by atoms with Crippen LogP contribution >= 0.6 is 0 Å². The summed E-state index contributed by atoms with van der Waals surface area (Å²) >= 11 is 0. The zero-order chi connectivity index (χ0) is 23.4. The van der Waals surface area contributed by atoms with Crippen LogP contribution in [0.3, 0.4) is 0 Å². The summed E-state index contributed by atoms with van der Waals surface area (Å²) in [4.78, 5) is 22.2. The third kappa shape index (κ3) is 3.23. The molecule has 11 heteroatoms. The van der Waals surface area contributed by atoms with Crippen molar-refractivity contribution < 1.29 is 19.0 Å². The lowest BCUT2D eigenvalue weighted by Crippen LogP contribution is -2.48. The molecule has 5 heterocycles. The average molecular weight is 465 g/mol. The second kappa shape index (κ2) is 8.03. The number of nitrogens with zero attached hydrogens (tertiary/aromatic N) is 5. The Hall–Kier alpha value is -3.57. The molecule has 1 saturated heterocycles. The quantitative estimate of drug-likeness (QED) is 0.412. The predicted molar refractivity (Wildman–Crippen MR) is 122 cm³/mol. The molecule has 0 aromatic carbocycles. The fourth-order valence-corrected chi connectivity index (χ4v) is 4.63. The largest absolute Gasteiger partial charge is 0.388 e. The van der Waals surface area contributed by atoms with Gasteiger partial charge in [-0.2, -0.15) is 9.61 Å². The van der Waals surface area contributed by atoms with Gasteiger partial charge in [-0.15, -0.1) is 0 Å². The van der Waals surface area contributed by atoms with Crippen molar-refractivity contribution in [1.29, 1.82) is 0 Å². The molecule has 3 N–H and O–H groups in total. The van der Waals surface area contributed by atoms with E-state index >= 15 is 0 Å². The number of hydrogen-bond acceptors (Lipinski definition) is 7. The first-order valence-electron chi connectivity index (χ1n) is 11.3. The minimum Gasteiger partial charge on any atom is -0.388 e. The topological polar surface area (TPSA) is 119 Å². The monoisotopic (exact) mass is 465 g/mol. The second-order valence-corrected chi connectivity index (χ2v) is 8.74. The van der Waals surface area contributed by atoms with Crippen LogP contribution < -0.4 is 10.6 Å². The summed E-state index contributed by atoms with van der Waals surface area (Å²) in [5.41, 5.74) is 2.91. The number of pyridine rings is 1. The van der Waals surface area contributed by atoms with E-state index < -0.39 is 24.2 Å². The summed E-state index contributed by atoms with van der Waals surface area (Å²) in [6.07, 6.45) is 4.54. The molecule has 1 saturated carbocycles. The number of aliphatic hydroxyl groups excluding tert-OH is 1. The molecule has 34 heavy (non-hydrogen) atoms. The molecule has 1 amide bonds. The number of carbonyl (C=O) groups is 1. The molecular weight excluding hydrogens is 441 g/mol. The number of anilines is 1. The van der Waals surface area contributed by atoms with Crippen molar-refractivity contribution in [1.82, 2.24) is 29.5 Å². The van der Waals surface area contributed by atoms with Gasteiger partial charge in [-0.05, 0) is 25.0 Å². The number of rotatable bonds is 5. The molecule has 4 aliphatic rings. The van der Waals surface area contributed by atoms with Gasteiger partial charge in [-0.1, -0.05) is 0 Å². The van der Waals surface area contributed by atoms with Gasteiger partial charge in [0.1, 0.15) is 29.5 Å². The highest BCUT2D eigenvalue weighted by atomic mass is 19.1. The summed E-state index contributed by atoms with van der Waals surface area (Å²) in [7, 11) is 1.76. The highest BCUT2D eigenvalue weighted by Crippen LogP contribution is 2.36. The van der Waals surface area contributed by atoms with Crippen molar-refractivity contribution in [3.05, 3.63) is 42.4 Å². The average Bonchev–Trinajstić information content (AvgIpc) is 3.58. The molecule has 2 aromatic rings. The molecule has 3 aliphatic heterocycles. The van der Waals surface area contributed by atoms with Crippen molar-refractivity contribution in [2.75, 3.05) is 25.6 Å². The first-order valence-corrected chi connectivity index (χ1v) is 11.3. The van der Waals surface area contributed by atoms with E-state index in [0.29, 0.717) is 49.0 Å². The van der Waals surface area contributed by atoms with E-state index in [1.165, 1.54) is 6.20 Å². The van der Waals surface area contributed by atoms with Crippen LogP contribution in [0.15, 0.2) is 36.8 Å².